The largest absolute Gasteiger partial charge is 0.469 e. The molecule has 9 heteroatoms. The van der Waals surface area contributed by atoms with E-state index in [1.807, 2.05) is 6.92 Å². The van der Waals surface area contributed by atoms with Gasteiger partial charge in [0, 0.05) is 18.7 Å². The Morgan fingerprint density at radius 3 is 2.62 bits per heavy atom. The second kappa shape index (κ2) is 8.57. The van der Waals surface area contributed by atoms with Gasteiger partial charge in [0.25, 0.3) is 0 Å². The average Bonchev–Trinajstić information content (AvgIpc) is 3.17. The first kappa shape index (κ1) is 19.6. The van der Waals surface area contributed by atoms with Crippen LogP contribution in [0.15, 0.2) is 0 Å². The van der Waals surface area contributed by atoms with Gasteiger partial charge >= 0.3 is 5.97 Å². The fourth-order valence-corrected chi connectivity index (χ4v) is 4.16. The van der Waals surface area contributed by atoms with Gasteiger partial charge in [-0.1, -0.05) is 30.9 Å². The SMILES string of the molecule is CCC(C(=O)N1CCSC1=S)C(O)CC1(CC(=O)OC)OCCO1. The van der Waals surface area contributed by atoms with Gasteiger partial charge in [-0.3, -0.25) is 14.5 Å². The van der Waals surface area contributed by atoms with Gasteiger partial charge in [0.15, 0.2) is 5.79 Å². The Morgan fingerprint density at radius 1 is 1.46 bits per heavy atom. The Balaban J connectivity index is 2.06. The number of rotatable bonds is 7. The predicted octanol–water partition coefficient (Wildman–Crippen LogP) is 0.930. The molecular weight excluding hydrogens is 354 g/mol. The minimum Gasteiger partial charge on any atom is -0.469 e. The molecule has 0 aliphatic carbocycles. The Hall–Kier alpha value is -0.740. The maximum absolute atomic E-state index is 12.7. The molecule has 2 heterocycles. The molecule has 0 aromatic carbocycles. The number of aliphatic hydroxyl groups is 1. The van der Waals surface area contributed by atoms with Crippen molar-refractivity contribution in [1.29, 1.82) is 0 Å². The zero-order valence-electron chi connectivity index (χ0n) is 13.9. The number of methoxy groups -OCH3 is 1. The normalized spacial score (nSPS) is 22.5. The molecule has 136 valence electrons. The van der Waals surface area contributed by atoms with E-state index in [9.17, 15) is 14.7 Å². The lowest BCUT2D eigenvalue weighted by Crippen LogP contribution is -2.45. The van der Waals surface area contributed by atoms with Crippen molar-refractivity contribution in [3.05, 3.63) is 0 Å². The first-order valence-electron chi connectivity index (χ1n) is 7.93. The topological polar surface area (TPSA) is 85.3 Å². The summed E-state index contributed by atoms with van der Waals surface area (Å²) in [5.74, 6) is -1.76. The molecule has 2 unspecified atom stereocenters. The van der Waals surface area contributed by atoms with Gasteiger partial charge in [0.2, 0.25) is 5.91 Å². The predicted molar refractivity (Wildman–Crippen MR) is 92.4 cm³/mol. The lowest BCUT2D eigenvalue weighted by Gasteiger charge is -2.32. The molecule has 0 bridgehead atoms. The molecule has 1 N–H and O–H groups in total. The van der Waals surface area contributed by atoms with E-state index in [4.69, 9.17) is 21.7 Å². The smallest absolute Gasteiger partial charge is 0.310 e. The van der Waals surface area contributed by atoms with Crippen molar-refractivity contribution in [3.8, 4) is 0 Å². The Kier molecular flexibility index (Phi) is 6.99. The average molecular weight is 377 g/mol. The summed E-state index contributed by atoms with van der Waals surface area (Å²) in [5.41, 5.74) is 0. The molecule has 2 rings (SSSR count). The first-order chi connectivity index (χ1) is 11.4. The molecule has 24 heavy (non-hydrogen) atoms. The maximum atomic E-state index is 12.7. The van der Waals surface area contributed by atoms with E-state index in [1.54, 1.807) is 4.90 Å². The van der Waals surface area contributed by atoms with Crippen LogP contribution in [-0.2, 0) is 23.8 Å². The lowest BCUT2D eigenvalue weighted by atomic mass is 9.91. The summed E-state index contributed by atoms with van der Waals surface area (Å²) < 4.78 is 16.4. The molecule has 2 aliphatic rings. The molecule has 2 atom stereocenters. The molecule has 0 radical (unpaired) electrons. The van der Waals surface area contributed by atoms with Gasteiger partial charge in [-0.15, -0.1) is 0 Å². The van der Waals surface area contributed by atoms with Crippen LogP contribution in [0.4, 0.5) is 0 Å². The van der Waals surface area contributed by atoms with Crippen LogP contribution in [-0.4, -0.2) is 70.7 Å². The fourth-order valence-electron chi connectivity index (χ4n) is 2.95. The molecule has 2 aliphatic heterocycles. The highest BCUT2D eigenvalue weighted by Gasteiger charge is 2.44. The van der Waals surface area contributed by atoms with E-state index >= 15 is 0 Å². The monoisotopic (exact) mass is 377 g/mol. The molecule has 2 fully saturated rings. The maximum Gasteiger partial charge on any atom is 0.310 e. The number of esters is 1. The van der Waals surface area contributed by atoms with Crippen LogP contribution in [0.25, 0.3) is 0 Å². The van der Waals surface area contributed by atoms with Crippen LogP contribution in [0.5, 0.6) is 0 Å². The summed E-state index contributed by atoms with van der Waals surface area (Å²) in [6, 6.07) is 0. The summed E-state index contributed by atoms with van der Waals surface area (Å²) in [5, 5.41) is 10.6. The number of hydrogen-bond donors (Lipinski definition) is 1. The van der Waals surface area contributed by atoms with E-state index in [0.29, 0.717) is 30.5 Å². The van der Waals surface area contributed by atoms with Gasteiger partial charge in [0.05, 0.1) is 38.8 Å². The van der Waals surface area contributed by atoms with Gasteiger partial charge in [-0.25, -0.2) is 0 Å². The standard InChI is InChI=1S/C15H23NO6S2/c1-3-10(13(19)16-4-7-24-14(16)23)11(17)8-15(9-12(18)20-2)21-5-6-22-15/h10-11,17H,3-9H2,1-2H3. The minimum absolute atomic E-state index is 0.0279. The van der Waals surface area contributed by atoms with Crippen LogP contribution in [0.1, 0.15) is 26.2 Å². The number of nitrogens with zero attached hydrogens (tertiary/aromatic N) is 1. The second-order valence-electron chi connectivity index (χ2n) is 5.75. The highest BCUT2D eigenvalue weighted by molar-refractivity contribution is 8.23. The van der Waals surface area contributed by atoms with Crippen molar-refractivity contribution >= 4 is 40.2 Å². The molecule has 0 aromatic rings. The third-order valence-corrected chi connectivity index (χ3v) is 5.65. The molecular formula is C15H23NO6S2. The third kappa shape index (κ3) is 4.45. The summed E-state index contributed by atoms with van der Waals surface area (Å²) in [6.07, 6.45) is -0.639. The zero-order chi connectivity index (χ0) is 17.7. The Morgan fingerprint density at radius 2 is 2.12 bits per heavy atom. The van der Waals surface area contributed by atoms with Crippen molar-refractivity contribution in [2.75, 3.05) is 32.6 Å². The number of carbonyl (C=O) groups is 2. The van der Waals surface area contributed by atoms with Gasteiger partial charge in [0.1, 0.15) is 4.32 Å². The van der Waals surface area contributed by atoms with E-state index in [0.717, 1.165) is 5.75 Å². The Labute approximate surface area is 151 Å². The Bertz CT molecular complexity index is 494. The van der Waals surface area contributed by atoms with Gasteiger partial charge in [-0.2, -0.15) is 0 Å². The van der Waals surface area contributed by atoms with Gasteiger partial charge < -0.3 is 19.3 Å². The van der Waals surface area contributed by atoms with E-state index in [-0.39, 0.29) is 18.7 Å². The highest BCUT2D eigenvalue weighted by Crippen LogP contribution is 2.33. The number of aliphatic hydroxyl groups excluding tert-OH is 1. The number of amides is 1. The quantitative estimate of drug-likeness (QED) is 0.518. The van der Waals surface area contributed by atoms with Crippen molar-refractivity contribution in [3.63, 3.8) is 0 Å². The van der Waals surface area contributed by atoms with E-state index < -0.39 is 23.8 Å². The fraction of sp³-hybridized carbons (Fsp3) is 0.800. The number of ether oxygens (including phenoxy) is 3. The second-order valence-corrected chi connectivity index (χ2v) is 7.48. The number of thioether (sulfide) groups is 1. The van der Waals surface area contributed by atoms with Crippen LogP contribution >= 0.6 is 24.0 Å². The highest BCUT2D eigenvalue weighted by atomic mass is 32.2. The van der Waals surface area contributed by atoms with Crippen molar-refractivity contribution in [1.82, 2.24) is 4.90 Å². The summed E-state index contributed by atoms with van der Waals surface area (Å²) in [6.45, 7) is 3.07. The van der Waals surface area contributed by atoms with Crippen LogP contribution < -0.4 is 0 Å². The summed E-state index contributed by atoms with van der Waals surface area (Å²) >= 11 is 6.65. The van der Waals surface area contributed by atoms with Crippen LogP contribution in [0, 0.1) is 5.92 Å². The van der Waals surface area contributed by atoms with Crippen molar-refractivity contribution in [2.24, 2.45) is 5.92 Å². The van der Waals surface area contributed by atoms with Crippen molar-refractivity contribution < 1.29 is 28.9 Å². The van der Waals surface area contributed by atoms with E-state index in [2.05, 4.69) is 4.74 Å². The molecule has 0 saturated carbocycles. The number of thiocarbonyl (C=S) groups is 1. The molecule has 7 nitrogen and oxygen atoms in total. The summed E-state index contributed by atoms with van der Waals surface area (Å²) in [7, 11) is 1.28. The molecule has 2 saturated heterocycles. The number of hydrogen-bond acceptors (Lipinski definition) is 8. The first-order valence-corrected chi connectivity index (χ1v) is 9.32. The molecule has 1 amide bonds. The van der Waals surface area contributed by atoms with Crippen LogP contribution in [0.2, 0.25) is 0 Å². The van der Waals surface area contributed by atoms with Crippen molar-refractivity contribution in [2.45, 2.75) is 38.1 Å². The molecule has 0 spiro atoms. The van der Waals surface area contributed by atoms with Gasteiger partial charge in [-0.05, 0) is 6.42 Å². The van der Waals surface area contributed by atoms with Crippen LogP contribution in [0.3, 0.4) is 0 Å². The zero-order valence-corrected chi connectivity index (χ0v) is 15.5. The minimum atomic E-state index is -1.24. The third-order valence-electron chi connectivity index (χ3n) is 4.22. The number of carbonyl (C=O) groups excluding carboxylic acids is 2. The lowest BCUT2D eigenvalue weighted by molar-refractivity contribution is -0.196. The molecule has 0 aromatic heterocycles. The summed E-state index contributed by atoms with van der Waals surface area (Å²) in [4.78, 5) is 25.8. The van der Waals surface area contributed by atoms with E-state index in [1.165, 1.54) is 18.9 Å².